The fourth-order valence-electron chi connectivity index (χ4n) is 3.13. The highest BCUT2D eigenvalue weighted by atomic mass is 16.2. The molecule has 0 spiro atoms. The fraction of sp³-hybridized carbons (Fsp3) is 0.333. The normalized spacial score (nSPS) is 13.5. The molecule has 3 rings (SSSR count). The van der Waals surface area contributed by atoms with Crippen LogP contribution in [-0.4, -0.2) is 36.9 Å². The second kappa shape index (κ2) is 8.52. The maximum Gasteiger partial charge on any atom is 0.227 e. The van der Waals surface area contributed by atoms with Crippen LogP contribution in [0, 0.1) is 5.41 Å². The summed E-state index contributed by atoms with van der Waals surface area (Å²) in [5.74, 6) is 0.573. The minimum atomic E-state index is 0.106. The van der Waals surface area contributed by atoms with Crippen LogP contribution in [0.1, 0.15) is 24.8 Å². The number of nitrogens with one attached hydrogen (secondary N) is 2. The Morgan fingerprint density at radius 2 is 1.73 bits per heavy atom. The van der Waals surface area contributed by atoms with Crippen LogP contribution in [0.3, 0.4) is 0 Å². The zero-order valence-corrected chi connectivity index (χ0v) is 15.2. The summed E-state index contributed by atoms with van der Waals surface area (Å²) < 4.78 is 0. The van der Waals surface area contributed by atoms with E-state index in [9.17, 15) is 4.79 Å². The Balaban J connectivity index is 1.49. The van der Waals surface area contributed by atoms with Crippen molar-refractivity contribution < 1.29 is 4.79 Å². The van der Waals surface area contributed by atoms with Crippen LogP contribution in [0.2, 0.25) is 0 Å². The Morgan fingerprint density at radius 3 is 2.38 bits per heavy atom. The van der Waals surface area contributed by atoms with Gasteiger partial charge in [0, 0.05) is 37.9 Å². The molecule has 1 amide bonds. The predicted octanol–water partition coefficient (Wildman–Crippen LogP) is 3.72. The number of guanidine groups is 1. The van der Waals surface area contributed by atoms with Crippen molar-refractivity contribution in [3.63, 3.8) is 0 Å². The first-order valence-electron chi connectivity index (χ1n) is 9.14. The molecule has 0 bridgehead atoms. The van der Waals surface area contributed by atoms with Crippen LogP contribution in [0.25, 0.3) is 0 Å². The van der Waals surface area contributed by atoms with Crippen molar-refractivity contribution >= 4 is 23.2 Å². The van der Waals surface area contributed by atoms with Gasteiger partial charge < -0.3 is 15.1 Å². The number of hydrogen-bond donors (Lipinski definition) is 2. The molecule has 1 aliphatic heterocycles. The summed E-state index contributed by atoms with van der Waals surface area (Å²) in [6, 6.07) is 17.7. The third-order valence-corrected chi connectivity index (χ3v) is 4.78. The summed E-state index contributed by atoms with van der Waals surface area (Å²) in [4.78, 5) is 16.1. The summed E-state index contributed by atoms with van der Waals surface area (Å²) in [7, 11) is 1.81. The van der Waals surface area contributed by atoms with Gasteiger partial charge in [-0.05, 0) is 49.1 Å². The molecule has 1 aliphatic rings. The lowest BCUT2D eigenvalue weighted by molar-refractivity contribution is -0.118. The van der Waals surface area contributed by atoms with Gasteiger partial charge in [-0.3, -0.25) is 10.2 Å². The number of anilines is 2. The Bertz CT molecular complexity index is 736. The smallest absolute Gasteiger partial charge is 0.227 e. The summed E-state index contributed by atoms with van der Waals surface area (Å²) >= 11 is 0. The number of para-hydroxylation sites is 1. The molecule has 0 atom stereocenters. The second-order valence-corrected chi connectivity index (χ2v) is 6.65. The van der Waals surface area contributed by atoms with E-state index in [1.807, 2.05) is 61.6 Å². The summed E-state index contributed by atoms with van der Waals surface area (Å²) in [5, 5.41) is 11.3. The number of benzene rings is 2. The predicted molar refractivity (Wildman–Crippen MR) is 107 cm³/mol. The Morgan fingerprint density at radius 1 is 1.08 bits per heavy atom. The van der Waals surface area contributed by atoms with Crippen LogP contribution in [-0.2, 0) is 11.2 Å². The SMILES string of the molecule is CN(C(=O)CCc1ccc(NC(=N)N2CCCC2)cc1)c1ccccc1. The Labute approximate surface area is 155 Å². The highest BCUT2D eigenvalue weighted by molar-refractivity contribution is 5.93. The zero-order valence-electron chi connectivity index (χ0n) is 15.2. The van der Waals surface area contributed by atoms with E-state index < -0.39 is 0 Å². The van der Waals surface area contributed by atoms with E-state index in [-0.39, 0.29) is 5.91 Å². The van der Waals surface area contributed by atoms with Gasteiger partial charge in [0.15, 0.2) is 5.96 Å². The first-order chi connectivity index (χ1) is 12.6. The third kappa shape index (κ3) is 4.63. The van der Waals surface area contributed by atoms with Crippen LogP contribution in [0.5, 0.6) is 0 Å². The minimum absolute atomic E-state index is 0.106. The molecule has 2 aromatic carbocycles. The topological polar surface area (TPSA) is 59.4 Å². The first kappa shape index (κ1) is 18.0. The van der Waals surface area contributed by atoms with Crippen molar-refractivity contribution in [3.8, 4) is 0 Å². The van der Waals surface area contributed by atoms with Gasteiger partial charge in [0.05, 0.1) is 0 Å². The number of aryl methyl sites for hydroxylation is 1. The number of nitrogens with zero attached hydrogens (tertiary/aromatic N) is 2. The molecular weight excluding hydrogens is 324 g/mol. The van der Waals surface area contributed by atoms with E-state index in [2.05, 4.69) is 10.2 Å². The van der Waals surface area contributed by atoms with Gasteiger partial charge in [-0.1, -0.05) is 30.3 Å². The van der Waals surface area contributed by atoms with E-state index in [1.165, 1.54) is 0 Å². The van der Waals surface area contributed by atoms with E-state index in [4.69, 9.17) is 5.41 Å². The number of rotatable bonds is 5. The summed E-state index contributed by atoms with van der Waals surface area (Å²) in [6.45, 7) is 1.92. The van der Waals surface area contributed by atoms with Gasteiger partial charge in [0.1, 0.15) is 0 Å². The molecule has 0 aliphatic carbocycles. The zero-order chi connectivity index (χ0) is 18.4. The molecule has 5 heteroatoms. The number of amides is 1. The van der Waals surface area contributed by atoms with E-state index in [0.29, 0.717) is 18.8 Å². The molecule has 5 nitrogen and oxygen atoms in total. The van der Waals surface area contributed by atoms with Crippen molar-refractivity contribution in [2.45, 2.75) is 25.7 Å². The highest BCUT2D eigenvalue weighted by Crippen LogP contribution is 2.16. The van der Waals surface area contributed by atoms with Gasteiger partial charge in [-0.25, -0.2) is 0 Å². The molecule has 1 saturated heterocycles. The minimum Gasteiger partial charge on any atom is -0.343 e. The molecule has 0 saturated carbocycles. The van der Waals surface area contributed by atoms with Gasteiger partial charge in [-0.2, -0.15) is 0 Å². The van der Waals surface area contributed by atoms with E-state index in [0.717, 1.165) is 42.9 Å². The number of carbonyl (C=O) groups is 1. The highest BCUT2D eigenvalue weighted by Gasteiger charge is 2.15. The van der Waals surface area contributed by atoms with Crippen molar-refractivity contribution in [2.75, 3.05) is 30.4 Å². The molecular formula is C21H26N4O. The molecule has 1 fully saturated rings. The standard InChI is InChI=1S/C21H26N4O/c1-24(19-7-3-2-4-8-19)20(26)14-11-17-9-12-18(13-10-17)23-21(22)25-15-5-6-16-25/h2-4,7-10,12-13H,5-6,11,14-16H2,1H3,(H2,22,23). The molecule has 0 radical (unpaired) electrons. The third-order valence-electron chi connectivity index (χ3n) is 4.78. The largest absolute Gasteiger partial charge is 0.343 e. The van der Waals surface area contributed by atoms with Crippen LogP contribution in [0.4, 0.5) is 11.4 Å². The lowest BCUT2D eigenvalue weighted by atomic mass is 10.1. The van der Waals surface area contributed by atoms with Crippen LogP contribution in [0.15, 0.2) is 54.6 Å². The maximum absolute atomic E-state index is 12.4. The van der Waals surface area contributed by atoms with Gasteiger partial charge in [0.2, 0.25) is 5.91 Å². The Hall–Kier alpha value is -2.82. The fourth-order valence-corrected chi connectivity index (χ4v) is 3.13. The van der Waals surface area contributed by atoms with Crippen LogP contribution >= 0.6 is 0 Å². The van der Waals surface area contributed by atoms with E-state index in [1.54, 1.807) is 4.90 Å². The molecule has 136 valence electrons. The lowest BCUT2D eigenvalue weighted by Crippen LogP contribution is -2.32. The van der Waals surface area contributed by atoms with Crippen molar-refractivity contribution in [1.29, 1.82) is 5.41 Å². The molecule has 2 aromatic rings. The monoisotopic (exact) mass is 350 g/mol. The van der Waals surface area contributed by atoms with Crippen molar-refractivity contribution in [1.82, 2.24) is 4.90 Å². The van der Waals surface area contributed by atoms with Crippen LogP contribution < -0.4 is 10.2 Å². The van der Waals surface area contributed by atoms with Crippen molar-refractivity contribution in [2.24, 2.45) is 0 Å². The number of likely N-dealkylation sites (tertiary alicyclic amines) is 1. The molecule has 1 heterocycles. The van der Waals surface area contributed by atoms with Gasteiger partial charge >= 0.3 is 0 Å². The first-order valence-corrected chi connectivity index (χ1v) is 9.14. The number of hydrogen-bond acceptors (Lipinski definition) is 2. The molecule has 26 heavy (non-hydrogen) atoms. The van der Waals surface area contributed by atoms with Crippen molar-refractivity contribution in [3.05, 3.63) is 60.2 Å². The average Bonchev–Trinajstić information content (AvgIpc) is 3.22. The summed E-state index contributed by atoms with van der Waals surface area (Å²) in [5.41, 5.74) is 2.95. The second-order valence-electron chi connectivity index (χ2n) is 6.65. The molecule has 0 unspecified atom stereocenters. The quantitative estimate of drug-likeness (QED) is 0.638. The average molecular weight is 350 g/mol. The lowest BCUT2D eigenvalue weighted by Gasteiger charge is -2.19. The number of carbonyl (C=O) groups excluding carboxylic acids is 1. The van der Waals surface area contributed by atoms with E-state index >= 15 is 0 Å². The molecule has 2 N–H and O–H groups in total. The molecule has 0 aromatic heterocycles. The summed E-state index contributed by atoms with van der Waals surface area (Å²) in [6.07, 6.45) is 3.50. The maximum atomic E-state index is 12.4. The van der Waals surface area contributed by atoms with Gasteiger partial charge in [-0.15, -0.1) is 0 Å². The van der Waals surface area contributed by atoms with Gasteiger partial charge in [0.25, 0.3) is 0 Å². The Kier molecular flexibility index (Phi) is 5.89.